The molecular weight excluding hydrogens is 313 g/mol. The van der Waals surface area contributed by atoms with E-state index in [1.54, 1.807) is 19.1 Å². The Labute approximate surface area is 126 Å². The average Bonchev–Trinajstić information content (AvgIpc) is 2.46. The lowest BCUT2D eigenvalue weighted by atomic mass is 10.2. The fourth-order valence-electron chi connectivity index (χ4n) is 1.70. The summed E-state index contributed by atoms with van der Waals surface area (Å²) in [6, 6.07) is 8.78. The first-order valence-electron chi connectivity index (χ1n) is 6.18. The molecule has 0 heterocycles. The van der Waals surface area contributed by atoms with Crippen LogP contribution in [0, 0.1) is 22.9 Å². The summed E-state index contributed by atoms with van der Waals surface area (Å²) in [6.07, 6.45) is 0. The van der Waals surface area contributed by atoms with E-state index in [4.69, 9.17) is 4.18 Å². The summed E-state index contributed by atoms with van der Waals surface area (Å²) < 4.78 is 42.3. The molecule has 0 aromatic heterocycles. The van der Waals surface area contributed by atoms with Crippen LogP contribution in [0.4, 0.5) is 10.1 Å². The summed E-state index contributed by atoms with van der Waals surface area (Å²) in [5.41, 5.74) is 0.335. The zero-order chi connectivity index (χ0) is 16.3. The standard InChI is InChI=1S/C14H12FNO5S/c1-10-2-5-13(6-3-10)22(19,20)21-9-11-8-12(16(17)18)4-7-14(11)15/h2-8H,9H2,1H3. The Morgan fingerprint density at radius 2 is 1.82 bits per heavy atom. The van der Waals surface area contributed by atoms with E-state index in [1.165, 1.54) is 12.1 Å². The van der Waals surface area contributed by atoms with E-state index in [0.29, 0.717) is 0 Å². The largest absolute Gasteiger partial charge is 0.297 e. The van der Waals surface area contributed by atoms with Gasteiger partial charge in [0, 0.05) is 17.7 Å². The van der Waals surface area contributed by atoms with Crippen molar-refractivity contribution in [2.45, 2.75) is 18.4 Å². The van der Waals surface area contributed by atoms with E-state index < -0.39 is 27.5 Å². The van der Waals surface area contributed by atoms with Crippen LogP contribution in [0.1, 0.15) is 11.1 Å². The molecule has 0 bridgehead atoms. The van der Waals surface area contributed by atoms with Gasteiger partial charge in [-0.15, -0.1) is 0 Å². The number of halogens is 1. The maximum atomic E-state index is 13.6. The summed E-state index contributed by atoms with van der Waals surface area (Å²) in [6.45, 7) is 1.18. The molecule has 0 saturated carbocycles. The molecule has 0 spiro atoms. The summed E-state index contributed by atoms with van der Waals surface area (Å²) >= 11 is 0. The third-order valence-electron chi connectivity index (χ3n) is 2.92. The fourth-order valence-corrected chi connectivity index (χ4v) is 2.59. The maximum absolute atomic E-state index is 13.6. The molecule has 0 unspecified atom stereocenters. The maximum Gasteiger partial charge on any atom is 0.297 e. The first-order chi connectivity index (χ1) is 10.3. The quantitative estimate of drug-likeness (QED) is 0.479. The van der Waals surface area contributed by atoms with Gasteiger partial charge in [0.05, 0.1) is 16.4 Å². The van der Waals surface area contributed by atoms with E-state index in [0.717, 1.165) is 23.8 Å². The van der Waals surface area contributed by atoms with Crippen molar-refractivity contribution in [3.8, 4) is 0 Å². The zero-order valence-electron chi connectivity index (χ0n) is 11.5. The molecule has 2 rings (SSSR count). The van der Waals surface area contributed by atoms with Gasteiger partial charge in [-0.2, -0.15) is 8.42 Å². The molecule has 0 aliphatic carbocycles. The number of nitro benzene ring substituents is 1. The Morgan fingerprint density at radius 1 is 1.18 bits per heavy atom. The summed E-state index contributed by atoms with van der Waals surface area (Å²) in [7, 11) is -4.06. The average molecular weight is 325 g/mol. The Kier molecular flexibility index (Phi) is 4.53. The van der Waals surface area contributed by atoms with Crippen LogP contribution in [-0.4, -0.2) is 13.3 Å². The molecule has 6 nitrogen and oxygen atoms in total. The van der Waals surface area contributed by atoms with Crippen molar-refractivity contribution in [2.24, 2.45) is 0 Å². The highest BCUT2D eigenvalue weighted by Gasteiger charge is 2.18. The van der Waals surface area contributed by atoms with Gasteiger partial charge in [0.25, 0.3) is 15.8 Å². The van der Waals surface area contributed by atoms with Crippen molar-refractivity contribution in [1.82, 2.24) is 0 Å². The molecular formula is C14H12FNO5S. The van der Waals surface area contributed by atoms with Crippen molar-refractivity contribution < 1.29 is 21.9 Å². The van der Waals surface area contributed by atoms with E-state index in [1.807, 2.05) is 0 Å². The lowest BCUT2D eigenvalue weighted by Crippen LogP contribution is -2.07. The van der Waals surface area contributed by atoms with Crippen LogP contribution in [0.25, 0.3) is 0 Å². The lowest BCUT2D eigenvalue weighted by Gasteiger charge is -2.07. The first kappa shape index (κ1) is 16.1. The minimum absolute atomic E-state index is 0.0658. The second-order valence-corrected chi connectivity index (χ2v) is 6.18. The molecule has 0 amide bonds. The predicted molar refractivity (Wildman–Crippen MR) is 76.2 cm³/mol. The zero-order valence-corrected chi connectivity index (χ0v) is 12.3. The summed E-state index contributed by atoms with van der Waals surface area (Å²) in [4.78, 5) is 9.88. The number of nitro groups is 1. The third-order valence-corrected chi connectivity index (χ3v) is 4.20. The van der Waals surface area contributed by atoms with Crippen molar-refractivity contribution >= 4 is 15.8 Å². The Hall–Kier alpha value is -2.32. The van der Waals surface area contributed by atoms with Gasteiger partial charge in [-0.1, -0.05) is 17.7 Å². The number of rotatable bonds is 5. The van der Waals surface area contributed by atoms with Gasteiger partial charge in [0.2, 0.25) is 0 Å². The molecule has 8 heteroatoms. The first-order valence-corrected chi connectivity index (χ1v) is 7.59. The second kappa shape index (κ2) is 6.20. The van der Waals surface area contributed by atoms with Crippen molar-refractivity contribution in [2.75, 3.05) is 0 Å². The van der Waals surface area contributed by atoms with Crippen molar-refractivity contribution in [3.05, 3.63) is 69.5 Å². The molecule has 0 radical (unpaired) electrons. The summed E-state index contributed by atoms with van der Waals surface area (Å²) in [5.74, 6) is -0.773. The van der Waals surface area contributed by atoms with Gasteiger partial charge in [-0.25, -0.2) is 4.39 Å². The predicted octanol–water partition coefficient (Wildman–Crippen LogP) is 2.95. The van der Waals surface area contributed by atoms with Crippen LogP contribution >= 0.6 is 0 Å². The van der Waals surface area contributed by atoms with Gasteiger partial charge < -0.3 is 0 Å². The van der Waals surface area contributed by atoms with Crippen LogP contribution in [0.2, 0.25) is 0 Å². The highest BCUT2D eigenvalue weighted by atomic mass is 32.2. The van der Waals surface area contributed by atoms with Crippen LogP contribution in [0.5, 0.6) is 0 Å². The number of benzene rings is 2. The SMILES string of the molecule is Cc1ccc(S(=O)(=O)OCc2cc([N+](=O)[O-])ccc2F)cc1. The number of hydrogen-bond acceptors (Lipinski definition) is 5. The number of hydrogen-bond donors (Lipinski definition) is 0. The van der Waals surface area contributed by atoms with E-state index >= 15 is 0 Å². The van der Waals surface area contributed by atoms with Crippen molar-refractivity contribution in [3.63, 3.8) is 0 Å². The fraction of sp³-hybridized carbons (Fsp3) is 0.143. The van der Waals surface area contributed by atoms with Crippen LogP contribution < -0.4 is 0 Å². The van der Waals surface area contributed by atoms with Crippen LogP contribution in [-0.2, 0) is 20.9 Å². The molecule has 0 N–H and O–H groups in total. The van der Waals surface area contributed by atoms with Crippen molar-refractivity contribution in [1.29, 1.82) is 0 Å². The molecule has 0 aliphatic heterocycles. The molecule has 0 saturated heterocycles. The summed E-state index contributed by atoms with van der Waals surface area (Å²) in [5, 5.41) is 10.6. The highest BCUT2D eigenvalue weighted by molar-refractivity contribution is 7.86. The normalized spacial score (nSPS) is 11.4. The number of aryl methyl sites for hydroxylation is 1. The molecule has 22 heavy (non-hydrogen) atoms. The topological polar surface area (TPSA) is 86.5 Å². The Balaban J connectivity index is 2.20. The minimum atomic E-state index is -4.06. The van der Waals surface area contributed by atoms with Gasteiger partial charge in [-0.3, -0.25) is 14.3 Å². The monoisotopic (exact) mass is 325 g/mol. The molecule has 0 fully saturated rings. The van der Waals surface area contributed by atoms with Gasteiger partial charge in [0.15, 0.2) is 0 Å². The number of nitrogens with zero attached hydrogens (tertiary/aromatic N) is 1. The smallest absolute Gasteiger partial charge is 0.261 e. The van der Waals surface area contributed by atoms with E-state index in [2.05, 4.69) is 0 Å². The van der Waals surface area contributed by atoms with E-state index in [9.17, 15) is 22.9 Å². The highest BCUT2D eigenvalue weighted by Crippen LogP contribution is 2.20. The Bertz CT molecular complexity index is 802. The minimum Gasteiger partial charge on any atom is -0.261 e. The van der Waals surface area contributed by atoms with Gasteiger partial charge in [0.1, 0.15) is 5.82 Å². The van der Waals surface area contributed by atoms with Gasteiger partial charge in [-0.05, 0) is 25.1 Å². The Morgan fingerprint density at radius 3 is 2.41 bits per heavy atom. The molecule has 2 aromatic rings. The van der Waals surface area contributed by atoms with Crippen LogP contribution in [0.15, 0.2) is 47.4 Å². The number of non-ortho nitro benzene ring substituents is 1. The second-order valence-electron chi connectivity index (χ2n) is 4.56. The molecule has 116 valence electrons. The molecule has 0 atom stereocenters. The molecule has 0 aliphatic rings. The third kappa shape index (κ3) is 3.66. The lowest BCUT2D eigenvalue weighted by molar-refractivity contribution is -0.385. The molecule has 2 aromatic carbocycles. The van der Waals surface area contributed by atoms with E-state index in [-0.39, 0.29) is 16.1 Å². The van der Waals surface area contributed by atoms with Gasteiger partial charge >= 0.3 is 0 Å². The van der Waals surface area contributed by atoms with Crippen LogP contribution in [0.3, 0.4) is 0 Å².